The quantitative estimate of drug-likeness (QED) is 0.781. The number of thioether (sulfide) groups is 1. The van der Waals surface area contributed by atoms with Crippen LogP contribution in [0.5, 0.6) is 5.75 Å². The van der Waals surface area contributed by atoms with E-state index >= 15 is 0 Å². The summed E-state index contributed by atoms with van der Waals surface area (Å²) in [7, 11) is 1.67. The van der Waals surface area contributed by atoms with Gasteiger partial charge in [-0.2, -0.15) is 0 Å². The van der Waals surface area contributed by atoms with Crippen molar-refractivity contribution < 1.29 is 4.74 Å². The van der Waals surface area contributed by atoms with E-state index in [1.165, 1.54) is 0 Å². The second kappa shape index (κ2) is 5.23. The van der Waals surface area contributed by atoms with E-state index in [1.54, 1.807) is 18.9 Å². The van der Waals surface area contributed by atoms with Crippen LogP contribution in [0.15, 0.2) is 29.4 Å². The van der Waals surface area contributed by atoms with Gasteiger partial charge in [0.15, 0.2) is 11.0 Å². The Hall–Kier alpha value is -1.49. The zero-order chi connectivity index (χ0) is 12.3. The van der Waals surface area contributed by atoms with Gasteiger partial charge in [0, 0.05) is 6.54 Å². The summed E-state index contributed by atoms with van der Waals surface area (Å²) in [4.78, 5) is 0. The minimum absolute atomic E-state index is 0.822. The highest BCUT2D eigenvalue weighted by Gasteiger charge is 2.14. The van der Waals surface area contributed by atoms with Crippen molar-refractivity contribution in [3.8, 4) is 17.1 Å². The number of benzene rings is 1. The van der Waals surface area contributed by atoms with Gasteiger partial charge < -0.3 is 9.30 Å². The zero-order valence-electron chi connectivity index (χ0n) is 10.2. The predicted octanol–water partition coefficient (Wildman–Crippen LogP) is 2.70. The Morgan fingerprint density at radius 3 is 2.71 bits per heavy atom. The number of methoxy groups -OCH3 is 1. The van der Waals surface area contributed by atoms with Crippen LogP contribution in [0.1, 0.15) is 6.92 Å². The molecule has 4 nitrogen and oxygen atoms in total. The van der Waals surface area contributed by atoms with Crippen LogP contribution in [0.2, 0.25) is 0 Å². The first-order valence-electron chi connectivity index (χ1n) is 5.42. The van der Waals surface area contributed by atoms with Gasteiger partial charge in [-0.3, -0.25) is 0 Å². The van der Waals surface area contributed by atoms with Crippen molar-refractivity contribution in [3.63, 3.8) is 0 Å². The molecular weight excluding hydrogens is 234 g/mol. The first-order chi connectivity index (χ1) is 8.31. The molecule has 1 aromatic heterocycles. The zero-order valence-corrected chi connectivity index (χ0v) is 11.0. The lowest BCUT2D eigenvalue weighted by atomic mass is 10.2. The minimum Gasteiger partial charge on any atom is -0.496 e. The second-order valence-corrected chi connectivity index (χ2v) is 4.23. The summed E-state index contributed by atoms with van der Waals surface area (Å²) in [5, 5.41) is 9.35. The molecule has 2 aromatic rings. The van der Waals surface area contributed by atoms with Crippen molar-refractivity contribution >= 4 is 11.8 Å². The van der Waals surface area contributed by atoms with Crippen molar-refractivity contribution in [2.24, 2.45) is 0 Å². The third kappa shape index (κ3) is 2.15. The van der Waals surface area contributed by atoms with Gasteiger partial charge in [0.2, 0.25) is 0 Å². The Balaban J connectivity index is 2.56. The highest BCUT2D eigenvalue weighted by molar-refractivity contribution is 7.98. The number of para-hydroxylation sites is 1. The molecule has 2 rings (SSSR count). The highest BCUT2D eigenvalue weighted by Crippen LogP contribution is 2.30. The average molecular weight is 249 g/mol. The number of rotatable bonds is 4. The summed E-state index contributed by atoms with van der Waals surface area (Å²) >= 11 is 1.60. The van der Waals surface area contributed by atoms with E-state index in [4.69, 9.17) is 4.74 Å². The first-order valence-corrected chi connectivity index (χ1v) is 6.64. The smallest absolute Gasteiger partial charge is 0.191 e. The Morgan fingerprint density at radius 2 is 2.06 bits per heavy atom. The maximum absolute atomic E-state index is 5.35. The van der Waals surface area contributed by atoms with Gasteiger partial charge in [-0.25, -0.2) is 0 Å². The van der Waals surface area contributed by atoms with Crippen molar-refractivity contribution in [2.75, 3.05) is 13.4 Å². The van der Waals surface area contributed by atoms with Crippen LogP contribution in [-0.4, -0.2) is 28.1 Å². The summed E-state index contributed by atoms with van der Waals surface area (Å²) < 4.78 is 7.44. The Labute approximate surface area is 105 Å². The van der Waals surface area contributed by atoms with Crippen LogP contribution in [0.3, 0.4) is 0 Å². The van der Waals surface area contributed by atoms with Crippen LogP contribution in [0.25, 0.3) is 11.4 Å². The monoisotopic (exact) mass is 249 g/mol. The SMILES string of the molecule is CCn1c(SC)nnc1-c1ccccc1OC. The van der Waals surface area contributed by atoms with Crippen LogP contribution in [0.4, 0.5) is 0 Å². The maximum Gasteiger partial charge on any atom is 0.191 e. The molecule has 0 saturated carbocycles. The molecule has 0 aliphatic carbocycles. The van der Waals surface area contributed by atoms with E-state index in [2.05, 4.69) is 21.7 Å². The Morgan fingerprint density at radius 1 is 1.29 bits per heavy atom. The molecule has 0 unspecified atom stereocenters. The second-order valence-electron chi connectivity index (χ2n) is 3.45. The Kier molecular flexibility index (Phi) is 3.68. The van der Waals surface area contributed by atoms with Crippen LogP contribution in [0, 0.1) is 0 Å². The molecule has 0 aliphatic heterocycles. The lowest BCUT2D eigenvalue weighted by Crippen LogP contribution is -2.00. The summed E-state index contributed by atoms with van der Waals surface area (Å²) in [6.07, 6.45) is 2.00. The third-order valence-electron chi connectivity index (χ3n) is 2.56. The van der Waals surface area contributed by atoms with Gasteiger partial charge >= 0.3 is 0 Å². The number of aromatic nitrogens is 3. The van der Waals surface area contributed by atoms with Gasteiger partial charge in [0.1, 0.15) is 5.75 Å². The van der Waals surface area contributed by atoms with E-state index in [9.17, 15) is 0 Å². The minimum atomic E-state index is 0.822. The standard InChI is InChI=1S/C12H15N3OS/c1-4-15-11(13-14-12(15)17-3)9-7-5-6-8-10(9)16-2/h5-8H,4H2,1-3H3. The fourth-order valence-electron chi connectivity index (χ4n) is 1.75. The predicted molar refractivity (Wildman–Crippen MR) is 69.5 cm³/mol. The largest absolute Gasteiger partial charge is 0.496 e. The van der Waals surface area contributed by atoms with Crippen molar-refractivity contribution in [3.05, 3.63) is 24.3 Å². The molecule has 0 spiro atoms. The van der Waals surface area contributed by atoms with Crippen LogP contribution in [-0.2, 0) is 6.54 Å². The number of nitrogens with zero attached hydrogens (tertiary/aromatic N) is 3. The molecular formula is C12H15N3OS. The summed E-state index contributed by atoms with van der Waals surface area (Å²) in [6, 6.07) is 7.86. The van der Waals surface area contributed by atoms with E-state index < -0.39 is 0 Å². The molecule has 17 heavy (non-hydrogen) atoms. The maximum atomic E-state index is 5.35. The topological polar surface area (TPSA) is 39.9 Å². The fraction of sp³-hybridized carbons (Fsp3) is 0.333. The highest BCUT2D eigenvalue weighted by atomic mass is 32.2. The molecule has 0 amide bonds. The summed E-state index contributed by atoms with van der Waals surface area (Å²) in [5.41, 5.74) is 0.977. The summed E-state index contributed by atoms with van der Waals surface area (Å²) in [5.74, 6) is 1.68. The lowest BCUT2D eigenvalue weighted by molar-refractivity contribution is 0.416. The molecule has 0 saturated heterocycles. The van der Waals surface area contributed by atoms with Crippen LogP contribution < -0.4 is 4.74 Å². The first kappa shape index (κ1) is 12.0. The molecule has 0 atom stereocenters. The number of ether oxygens (including phenoxy) is 1. The summed E-state index contributed by atoms with van der Waals surface area (Å²) in [6.45, 7) is 2.93. The van der Waals surface area contributed by atoms with Gasteiger partial charge in [-0.1, -0.05) is 23.9 Å². The fourth-order valence-corrected chi connectivity index (χ4v) is 2.31. The average Bonchev–Trinajstić information content (AvgIpc) is 2.81. The van der Waals surface area contributed by atoms with E-state index in [-0.39, 0.29) is 0 Å². The number of hydrogen-bond acceptors (Lipinski definition) is 4. The normalized spacial score (nSPS) is 10.5. The van der Waals surface area contributed by atoms with E-state index in [1.807, 2.05) is 30.5 Å². The molecule has 1 aromatic carbocycles. The van der Waals surface area contributed by atoms with Gasteiger partial charge in [0.05, 0.1) is 12.7 Å². The molecule has 0 bridgehead atoms. The Bertz CT molecular complexity index is 510. The van der Waals surface area contributed by atoms with Gasteiger partial charge in [0.25, 0.3) is 0 Å². The molecule has 0 N–H and O–H groups in total. The molecule has 0 aliphatic rings. The molecule has 90 valence electrons. The van der Waals surface area contributed by atoms with Crippen molar-refractivity contribution in [2.45, 2.75) is 18.6 Å². The van der Waals surface area contributed by atoms with Crippen molar-refractivity contribution in [1.82, 2.24) is 14.8 Å². The van der Waals surface area contributed by atoms with E-state index in [0.29, 0.717) is 0 Å². The molecule has 5 heteroatoms. The molecule has 0 fully saturated rings. The molecule has 0 radical (unpaired) electrons. The van der Waals surface area contributed by atoms with Gasteiger partial charge in [-0.15, -0.1) is 10.2 Å². The van der Waals surface area contributed by atoms with Gasteiger partial charge in [-0.05, 0) is 25.3 Å². The third-order valence-corrected chi connectivity index (χ3v) is 3.23. The number of hydrogen-bond donors (Lipinski definition) is 0. The van der Waals surface area contributed by atoms with Crippen LogP contribution >= 0.6 is 11.8 Å². The van der Waals surface area contributed by atoms with Crippen molar-refractivity contribution in [1.29, 1.82) is 0 Å². The lowest BCUT2D eigenvalue weighted by Gasteiger charge is -2.09. The van der Waals surface area contributed by atoms with E-state index in [0.717, 1.165) is 28.8 Å². The molecule has 1 heterocycles.